The Balaban J connectivity index is 1.79. The van der Waals surface area contributed by atoms with Crippen LogP contribution in [0, 0.1) is 0 Å². The van der Waals surface area contributed by atoms with Crippen molar-refractivity contribution in [3.8, 4) is 17.1 Å². The van der Waals surface area contributed by atoms with Crippen LogP contribution in [-0.4, -0.2) is 30.1 Å². The van der Waals surface area contributed by atoms with E-state index >= 15 is 0 Å². The summed E-state index contributed by atoms with van der Waals surface area (Å²) < 4.78 is 35.3. The molecule has 0 radical (unpaired) electrons. The van der Waals surface area contributed by atoms with E-state index in [9.17, 15) is 8.42 Å². The van der Waals surface area contributed by atoms with Crippen molar-refractivity contribution in [1.29, 1.82) is 0 Å². The van der Waals surface area contributed by atoms with E-state index in [4.69, 9.17) is 16.3 Å². The molecule has 0 fully saturated rings. The molecule has 0 saturated heterocycles. The molecule has 2 aromatic heterocycles. The molecule has 0 spiro atoms. The second-order valence-corrected chi connectivity index (χ2v) is 7.99. The fourth-order valence-electron chi connectivity index (χ4n) is 2.84. The molecule has 0 aliphatic rings. The topological polar surface area (TPSA) is 85.6 Å². The van der Waals surface area contributed by atoms with E-state index in [1.807, 2.05) is 30.3 Å². The average Bonchev–Trinajstić information content (AvgIpc) is 3.14. The molecule has 4 rings (SSSR count). The summed E-state index contributed by atoms with van der Waals surface area (Å²) >= 11 is 5.97. The van der Waals surface area contributed by atoms with Crippen molar-refractivity contribution in [3.63, 3.8) is 0 Å². The summed E-state index contributed by atoms with van der Waals surface area (Å²) in [5.41, 5.74) is 1.54. The third-order valence-electron chi connectivity index (χ3n) is 4.13. The molecule has 2 aromatic carbocycles. The minimum Gasteiger partial charge on any atom is -0.495 e. The predicted molar refractivity (Wildman–Crippen MR) is 107 cm³/mol. The van der Waals surface area contributed by atoms with Crippen molar-refractivity contribution in [2.24, 2.45) is 0 Å². The van der Waals surface area contributed by atoms with Gasteiger partial charge in [-0.1, -0.05) is 41.9 Å². The van der Waals surface area contributed by atoms with E-state index in [1.165, 1.54) is 19.2 Å². The molecule has 0 saturated carbocycles. The number of benzene rings is 2. The molecule has 7 nitrogen and oxygen atoms in total. The lowest BCUT2D eigenvalue weighted by Crippen LogP contribution is -2.15. The number of hydrogen-bond donors (Lipinski definition) is 1. The van der Waals surface area contributed by atoms with Gasteiger partial charge in [-0.2, -0.15) is 0 Å². The quantitative estimate of drug-likeness (QED) is 0.536. The average molecular weight is 415 g/mol. The molecule has 9 heteroatoms. The van der Waals surface area contributed by atoms with Gasteiger partial charge in [0.25, 0.3) is 10.0 Å². The fraction of sp³-hybridized carbons (Fsp3) is 0.0526. The van der Waals surface area contributed by atoms with Crippen molar-refractivity contribution in [3.05, 3.63) is 71.9 Å². The molecule has 0 aliphatic carbocycles. The van der Waals surface area contributed by atoms with E-state index in [-0.39, 0.29) is 15.7 Å². The summed E-state index contributed by atoms with van der Waals surface area (Å²) in [6.07, 6.45) is 1.77. The number of rotatable bonds is 5. The van der Waals surface area contributed by atoms with Gasteiger partial charge in [0.15, 0.2) is 11.5 Å². The highest BCUT2D eigenvalue weighted by Gasteiger charge is 2.22. The Hall–Kier alpha value is -3.10. The number of anilines is 1. The van der Waals surface area contributed by atoms with Gasteiger partial charge in [0.05, 0.1) is 12.8 Å². The number of aromatic nitrogens is 3. The highest BCUT2D eigenvalue weighted by atomic mass is 35.5. The Morgan fingerprint density at radius 2 is 1.82 bits per heavy atom. The molecule has 4 aromatic rings. The van der Waals surface area contributed by atoms with Crippen LogP contribution in [0.25, 0.3) is 17.0 Å². The van der Waals surface area contributed by atoms with Gasteiger partial charge in [0, 0.05) is 16.8 Å². The molecule has 28 heavy (non-hydrogen) atoms. The van der Waals surface area contributed by atoms with Gasteiger partial charge < -0.3 is 4.74 Å². The van der Waals surface area contributed by atoms with Gasteiger partial charge in [-0.15, -0.1) is 10.2 Å². The Kier molecular flexibility index (Phi) is 4.66. The maximum absolute atomic E-state index is 12.9. The van der Waals surface area contributed by atoms with Crippen LogP contribution in [0.1, 0.15) is 0 Å². The van der Waals surface area contributed by atoms with Crippen LogP contribution in [-0.2, 0) is 10.0 Å². The third kappa shape index (κ3) is 3.28. The van der Waals surface area contributed by atoms with Gasteiger partial charge in [-0.05, 0) is 30.3 Å². The minimum atomic E-state index is -3.97. The number of fused-ring (bicyclic) bond motifs is 1. The van der Waals surface area contributed by atoms with Gasteiger partial charge in [0.1, 0.15) is 10.6 Å². The van der Waals surface area contributed by atoms with Crippen molar-refractivity contribution in [2.45, 2.75) is 4.90 Å². The van der Waals surface area contributed by atoms with Gasteiger partial charge >= 0.3 is 0 Å². The zero-order valence-corrected chi connectivity index (χ0v) is 16.3. The standard InChI is InChI=1S/C19H15ClN4O3S/c1-27-16-10-9-14(20)12-17(16)28(25,26)23-15-8-5-11-24-18(21-22-19(15)24)13-6-3-2-4-7-13/h2-12,23H,1H3. The zero-order chi connectivity index (χ0) is 19.7. The summed E-state index contributed by atoms with van der Waals surface area (Å²) in [5, 5.41) is 8.66. The van der Waals surface area contributed by atoms with E-state index < -0.39 is 10.0 Å². The summed E-state index contributed by atoms with van der Waals surface area (Å²) in [4.78, 5) is -0.0627. The predicted octanol–water partition coefficient (Wildman–Crippen LogP) is 3.86. The van der Waals surface area contributed by atoms with Crippen LogP contribution in [0.3, 0.4) is 0 Å². The lowest BCUT2D eigenvalue weighted by molar-refractivity contribution is 0.403. The van der Waals surface area contributed by atoms with E-state index in [0.717, 1.165) is 5.56 Å². The molecule has 0 aliphatic heterocycles. The van der Waals surface area contributed by atoms with Crippen LogP contribution in [0.5, 0.6) is 5.75 Å². The van der Waals surface area contributed by atoms with Crippen LogP contribution in [0.2, 0.25) is 5.02 Å². The van der Waals surface area contributed by atoms with Gasteiger partial charge in [-0.25, -0.2) is 8.42 Å². The van der Waals surface area contributed by atoms with Crippen LogP contribution >= 0.6 is 11.6 Å². The lowest BCUT2D eigenvalue weighted by Gasteiger charge is -2.12. The summed E-state index contributed by atoms with van der Waals surface area (Å²) in [7, 11) is -2.57. The Bertz CT molecular complexity index is 1260. The fourth-order valence-corrected chi connectivity index (χ4v) is 4.33. The minimum absolute atomic E-state index is 0.0627. The molecule has 0 unspecified atom stereocenters. The van der Waals surface area contributed by atoms with E-state index in [1.54, 1.807) is 28.8 Å². The monoisotopic (exact) mass is 414 g/mol. The third-order valence-corrected chi connectivity index (χ3v) is 5.75. The Morgan fingerprint density at radius 3 is 2.57 bits per heavy atom. The first-order valence-electron chi connectivity index (χ1n) is 8.25. The summed E-state index contributed by atoms with van der Waals surface area (Å²) in [6.45, 7) is 0. The number of methoxy groups -OCH3 is 1. The summed E-state index contributed by atoms with van der Waals surface area (Å²) in [6, 6.07) is 17.2. The molecule has 142 valence electrons. The number of ether oxygens (including phenoxy) is 1. The zero-order valence-electron chi connectivity index (χ0n) is 14.7. The van der Waals surface area contributed by atoms with Crippen molar-refractivity contribution in [2.75, 3.05) is 11.8 Å². The number of halogens is 1. The molecule has 1 N–H and O–H groups in total. The first-order valence-corrected chi connectivity index (χ1v) is 10.1. The number of pyridine rings is 1. The van der Waals surface area contributed by atoms with Crippen molar-refractivity contribution >= 4 is 33.0 Å². The van der Waals surface area contributed by atoms with E-state index in [0.29, 0.717) is 17.2 Å². The largest absolute Gasteiger partial charge is 0.495 e. The second-order valence-electron chi connectivity index (χ2n) is 5.91. The van der Waals surface area contributed by atoms with E-state index in [2.05, 4.69) is 14.9 Å². The number of sulfonamides is 1. The maximum atomic E-state index is 12.9. The first kappa shape index (κ1) is 18.3. The highest BCUT2D eigenvalue weighted by Crippen LogP contribution is 2.30. The Morgan fingerprint density at radius 1 is 1.04 bits per heavy atom. The molecule has 0 amide bonds. The van der Waals surface area contributed by atoms with Crippen molar-refractivity contribution < 1.29 is 13.2 Å². The summed E-state index contributed by atoms with van der Waals surface area (Å²) in [5.74, 6) is 0.798. The van der Waals surface area contributed by atoms with Crippen LogP contribution < -0.4 is 9.46 Å². The second kappa shape index (κ2) is 7.14. The van der Waals surface area contributed by atoms with Crippen LogP contribution in [0.15, 0.2) is 71.8 Å². The van der Waals surface area contributed by atoms with Crippen LogP contribution in [0.4, 0.5) is 5.69 Å². The van der Waals surface area contributed by atoms with Gasteiger partial charge in [0.2, 0.25) is 0 Å². The lowest BCUT2D eigenvalue weighted by atomic mass is 10.2. The van der Waals surface area contributed by atoms with Gasteiger partial charge in [-0.3, -0.25) is 9.12 Å². The molecular formula is C19H15ClN4O3S. The number of nitrogens with zero attached hydrogens (tertiary/aromatic N) is 3. The highest BCUT2D eigenvalue weighted by molar-refractivity contribution is 7.92. The molecule has 0 bridgehead atoms. The van der Waals surface area contributed by atoms with Crippen molar-refractivity contribution in [1.82, 2.24) is 14.6 Å². The first-order chi connectivity index (χ1) is 13.5. The number of nitrogens with one attached hydrogen (secondary N) is 1. The normalized spacial score (nSPS) is 11.5. The molecule has 2 heterocycles. The molecule has 0 atom stereocenters. The number of hydrogen-bond acceptors (Lipinski definition) is 5. The SMILES string of the molecule is COc1ccc(Cl)cc1S(=O)(=O)Nc1cccn2c(-c3ccccc3)nnc12. The Labute approximate surface area is 166 Å². The smallest absolute Gasteiger partial charge is 0.265 e. The maximum Gasteiger partial charge on any atom is 0.265 e. The molecular weight excluding hydrogens is 400 g/mol.